The van der Waals surface area contributed by atoms with Crippen LogP contribution < -0.4 is 0 Å². The van der Waals surface area contributed by atoms with Crippen molar-refractivity contribution in [1.82, 2.24) is 0 Å². The molecule has 2 unspecified atom stereocenters. The third-order valence-electron chi connectivity index (χ3n) is 3.66. The molecule has 88 valence electrons. The highest BCUT2D eigenvalue weighted by Crippen LogP contribution is 2.49. The quantitative estimate of drug-likeness (QED) is 0.749. The fourth-order valence-corrected chi connectivity index (χ4v) is 2.62. The van der Waals surface area contributed by atoms with Gasteiger partial charge in [-0.25, -0.2) is 0 Å². The Morgan fingerprint density at radius 2 is 1.94 bits per heavy atom. The lowest BCUT2D eigenvalue weighted by molar-refractivity contribution is 0.0850. The van der Waals surface area contributed by atoms with Gasteiger partial charge in [-0.2, -0.15) is 0 Å². The minimum Gasteiger partial charge on any atom is -0.349 e. The van der Waals surface area contributed by atoms with Gasteiger partial charge in [0, 0.05) is 11.1 Å². The summed E-state index contributed by atoms with van der Waals surface area (Å²) in [5.41, 5.74) is 0.232. The molecule has 1 heterocycles. The molecule has 17 heavy (non-hydrogen) atoms. The van der Waals surface area contributed by atoms with Gasteiger partial charge in [-0.1, -0.05) is 44.0 Å². The average molecular weight is 230 g/mol. The zero-order chi connectivity index (χ0) is 12.0. The Morgan fingerprint density at radius 3 is 2.65 bits per heavy atom. The second kappa shape index (κ2) is 3.50. The first-order valence-corrected chi connectivity index (χ1v) is 6.06. The fraction of sp³-hybridized carbons (Fsp3) is 0.429. The van der Waals surface area contributed by atoms with Gasteiger partial charge in [-0.3, -0.25) is 9.59 Å². The summed E-state index contributed by atoms with van der Waals surface area (Å²) in [6.45, 7) is 2.07. The smallest absolute Gasteiger partial charge is 0.198 e. The highest BCUT2D eigenvalue weighted by Gasteiger charge is 2.68. The Balaban J connectivity index is 2.02. The van der Waals surface area contributed by atoms with E-state index in [4.69, 9.17) is 4.74 Å². The van der Waals surface area contributed by atoms with E-state index in [-0.39, 0.29) is 11.6 Å². The number of rotatable bonds is 3. The van der Waals surface area contributed by atoms with Gasteiger partial charge in [0.1, 0.15) is 0 Å². The lowest BCUT2D eigenvalue weighted by Crippen LogP contribution is -2.36. The van der Waals surface area contributed by atoms with Crippen molar-refractivity contribution >= 4 is 11.6 Å². The summed E-state index contributed by atoms with van der Waals surface area (Å²) in [5.74, 6) is -0.0394. The van der Waals surface area contributed by atoms with E-state index in [1.165, 1.54) is 0 Å². The number of hydrogen-bond acceptors (Lipinski definition) is 3. The summed E-state index contributed by atoms with van der Waals surface area (Å²) in [6, 6.07) is 7.01. The molecule has 1 aliphatic carbocycles. The molecular formula is C14H14O3. The Kier molecular flexibility index (Phi) is 2.20. The maximum absolute atomic E-state index is 12.4. The van der Waals surface area contributed by atoms with Gasteiger partial charge in [0.25, 0.3) is 0 Å². The van der Waals surface area contributed by atoms with Crippen molar-refractivity contribution < 1.29 is 14.3 Å². The number of benzene rings is 1. The Labute approximate surface area is 99.8 Å². The van der Waals surface area contributed by atoms with Crippen LogP contribution in [-0.4, -0.2) is 23.3 Å². The lowest BCUT2D eigenvalue weighted by Gasteiger charge is -2.17. The van der Waals surface area contributed by atoms with E-state index in [0.29, 0.717) is 17.5 Å². The first-order chi connectivity index (χ1) is 8.20. The van der Waals surface area contributed by atoms with Gasteiger partial charge in [0.2, 0.25) is 0 Å². The third-order valence-corrected chi connectivity index (χ3v) is 3.66. The molecule has 0 radical (unpaired) electrons. The minimum atomic E-state index is -0.818. The lowest BCUT2D eigenvalue weighted by atomic mass is 9.79. The van der Waals surface area contributed by atoms with Gasteiger partial charge >= 0.3 is 0 Å². The molecule has 0 saturated carbocycles. The third kappa shape index (κ3) is 1.32. The van der Waals surface area contributed by atoms with Crippen molar-refractivity contribution in [3.63, 3.8) is 0 Å². The molecule has 0 amide bonds. The zero-order valence-corrected chi connectivity index (χ0v) is 9.73. The highest BCUT2D eigenvalue weighted by molar-refractivity contribution is 6.22. The van der Waals surface area contributed by atoms with E-state index in [9.17, 15) is 9.59 Å². The van der Waals surface area contributed by atoms with Crippen LogP contribution in [0.2, 0.25) is 0 Å². The molecule has 3 heteroatoms. The standard InChI is InChI=1S/C14H14O3/c1-2-3-8-14-12(16)10-7-5-4-6-9(10)11(15)13(14)17-14/h4-7,13H,2-3,8H2,1H3. The van der Waals surface area contributed by atoms with Crippen molar-refractivity contribution in [2.75, 3.05) is 0 Å². The molecule has 0 bridgehead atoms. The first-order valence-electron chi connectivity index (χ1n) is 6.06. The summed E-state index contributed by atoms with van der Waals surface area (Å²) in [4.78, 5) is 24.4. The van der Waals surface area contributed by atoms with Gasteiger partial charge in [0.05, 0.1) is 0 Å². The molecule has 1 aromatic rings. The highest BCUT2D eigenvalue weighted by atomic mass is 16.6. The van der Waals surface area contributed by atoms with E-state index in [2.05, 4.69) is 6.92 Å². The molecule has 1 saturated heterocycles. The van der Waals surface area contributed by atoms with Crippen molar-refractivity contribution in [3.8, 4) is 0 Å². The summed E-state index contributed by atoms with van der Waals surface area (Å²) in [5, 5.41) is 0. The molecule has 2 atom stereocenters. The maximum Gasteiger partial charge on any atom is 0.198 e. The number of hydrogen-bond donors (Lipinski definition) is 0. The second-order valence-corrected chi connectivity index (χ2v) is 4.73. The zero-order valence-electron chi connectivity index (χ0n) is 9.73. The van der Waals surface area contributed by atoms with Crippen molar-refractivity contribution in [3.05, 3.63) is 35.4 Å². The molecular weight excluding hydrogens is 216 g/mol. The average Bonchev–Trinajstić information content (AvgIpc) is 3.10. The normalized spacial score (nSPS) is 29.8. The SMILES string of the molecule is CCCCC12OC1C(=O)c1ccccc1C2=O. The summed E-state index contributed by atoms with van der Waals surface area (Å²) >= 11 is 0. The molecule has 1 aromatic carbocycles. The number of fused-ring (bicyclic) bond motifs is 2. The van der Waals surface area contributed by atoms with Crippen LogP contribution in [0.25, 0.3) is 0 Å². The number of carbonyl (C=O) groups excluding carboxylic acids is 2. The number of ketones is 2. The topological polar surface area (TPSA) is 46.7 Å². The van der Waals surface area contributed by atoms with E-state index < -0.39 is 11.7 Å². The fourth-order valence-electron chi connectivity index (χ4n) is 2.62. The van der Waals surface area contributed by atoms with Crippen LogP contribution in [-0.2, 0) is 4.74 Å². The molecule has 0 spiro atoms. The van der Waals surface area contributed by atoms with Crippen molar-refractivity contribution in [2.45, 2.75) is 37.9 Å². The van der Waals surface area contributed by atoms with Crippen LogP contribution >= 0.6 is 0 Å². The Hall–Kier alpha value is -1.48. The van der Waals surface area contributed by atoms with Crippen molar-refractivity contribution in [1.29, 1.82) is 0 Å². The van der Waals surface area contributed by atoms with Crippen LogP contribution in [0.15, 0.2) is 24.3 Å². The largest absolute Gasteiger partial charge is 0.349 e. The Bertz CT molecular complexity index is 506. The van der Waals surface area contributed by atoms with Crippen LogP contribution in [0, 0.1) is 0 Å². The van der Waals surface area contributed by atoms with Crippen LogP contribution in [0.4, 0.5) is 0 Å². The Morgan fingerprint density at radius 1 is 1.24 bits per heavy atom. The van der Waals surface area contributed by atoms with Gasteiger partial charge in [-0.15, -0.1) is 0 Å². The molecule has 3 nitrogen and oxygen atoms in total. The molecule has 0 aromatic heterocycles. The molecule has 1 aliphatic heterocycles. The monoisotopic (exact) mass is 230 g/mol. The van der Waals surface area contributed by atoms with E-state index in [0.717, 1.165) is 12.8 Å². The van der Waals surface area contributed by atoms with E-state index >= 15 is 0 Å². The van der Waals surface area contributed by atoms with E-state index in [1.54, 1.807) is 24.3 Å². The van der Waals surface area contributed by atoms with Crippen LogP contribution in [0.3, 0.4) is 0 Å². The molecule has 1 fully saturated rings. The van der Waals surface area contributed by atoms with Gasteiger partial charge in [0.15, 0.2) is 23.3 Å². The second-order valence-electron chi connectivity index (χ2n) is 4.73. The number of Topliss-reactive ketones (excluding diaryl/α,β-unsaturated/α-hetero) is 2. The van der Waals surface area contributed by atoms with E-state index in [1.807, 2.05) is 0 Å². The molecule has 2 aliphatic rings. The van der Waals surface area contributed by atoms with Crippen molar-refractivity contribution in [2.24, 2.45) is 0 Å². The van der Waals surface area contributed by atoms with Crippen LogP contribution in [0.1, 0.15) is 46.9 Å². The predicted molar refractivity (Wildman–Crippen MR) is 62.2 cm³/mol. The van der Waals surface area contributed by atoms with Gasteiger partial charge < -0.3 is 4.74 Å². The summed E-state index contributed by atoms with van der Waals surface area (Å²) in [7, 11) is 0. The summed E-state index contributed by atoms with van der Waals surface area (Å²) < 4.78 is 5.48. The number of carbonyl (C=O) groups is 2. The minimum absolute atomic E-state index is 0.00819. The number of unbranched alkanes of at least 4 members (excludes halogenated alkanes) is 1. The number of epoxide rings is 1. The summed E-state index contributed by atoms with van der Waals surface area (Å²) in [6.07, 6.45) is 2.06. The molecule has 0 N–H and O–H groups in total. The molecule has 3 rings (SSSR count). The first kappa shape index (κ1) is 10.7. The number of ether oxygens (including phenoxy) is 1. The van der Waals surface area contributed by atoms with Gasteiger partial charge in [-0.05, 0) is 6.42 Å². The predicted octanol–water partition coefficient (Wildman–Crippen LogP) is 2.39. The van der Waals surface area contributed by atoms with Crippen LogP contribution in [0.5, 0.6) is 0 Å². The maximum atomic E-state index is 12.4.